The number of hydrogen-bond donors (Lipinski definition) is 0. The van der Waals surface area contributed by atoms with E-state index in [9.17, 15) is 9.59 Å². The van der Waals surface area contributed by atoms with Crippen molar-refractivity contribution in [3.05, 3.63) is 107 Å². The van der Waals surface area contributed by atoms with E-state index in [-0.39, 0.29) is 23.8 Å². The van der Waals surface area contributed by atoms with Crippen LogP contribution in [-0.2, 0) is 9.47 Å². The zero-order valence-electron chi connectivity index (χ0n) is 16.4. The van der Waals surface area contributed by atoms with Gasteiger partial charge in [0.2, 0.25) is 0 Å². The Bertz CT molecular complexity index is 974. The smallest absolute Gasteiger partial charge is 0.338 e. The van der Waals surface area contributed by atoms with E-state index >= 15 is 0 Å². The van der Waals surface area contributed by atoms with Gasteiger partial charge in [0.05, 0.1) is 11.1 Å². The molecule has 0 amide bonds. The lowest BCUT2D eigenvalue weighted by Gasteiger charge is -2.47. The summed E-state index contributed by atoms with van der Waals surface area (Å²) in [4.78, 5) is 25.7. The van der Waals surface area contributed by atoms with Gasteiger partial charge in [-0.3, -0.25) is 0 Å². The van der Waals surface area contributed by atoms with Gasteiger partial charge >= 0.3 is 11.9 Å². The lowest BCUT2D eigenvalue weighted by atomic mass is 9.64. The molecule has 4 nitrogen and oxygen atoms in total. The van der Waals surface area contributed by atoms with Gasteiger partial charge in [0.1, 0.15) is 12.2 Å². The molecule has 0 N–H and O–H groups in total. The summed E-state index contributed by atoms with van der Waals surface area (Å²) in [6.45, 7) is 0. The highest BCUT2D eigenvalue weighted by atomic mass is 16.6. The van der Waals surface area contributed by atoms with Crippen molar-refractivity contribution >= 4 is 11.9 Å². The molecule has 30 heavy (non-hydrogen) atoms. The second kappa shape index (κ2) is 7.79. The molecule has 0 radical (unpaired) electrons. The first-order chi connectivity index (χ1) is 14.7. The van der Waals surface area contributed by atoms with Crippen LogP contribution in [0.1, 0.15) is 56.5 Å². The van der Waals surface area contributed by atoms with Gasteiger partial charge in [-0.15, -0.1) is 0 Å². The Morgan fingerprint density at radius 2 is 0.933 bits per heavy atom. The van der Waals surface area contributed by atoms with Crippen LogP contribution in [0.4, 0.5) is 0 Å². The Morgan fingerprint density at radius 1 is 0.567 bits per heavy atom. The van der Waals surface area contributed by atoms with Crippen molar-refractivity contribution in [2.75, 3.05) is 0 Å². The summed E-state index contributed by atoms with van der Waals surface area (Å²) in [6.07, 6.45) is 0.819. The van der Waals surface area contributed by atoms with Gasteiger partial charge < -0.3 is 9.47 Å². The average molecular weight is 398 g/mol. The second-order valence-corrected chi connectivity index (χ2v) is 7.89. The van der Waals surface area contributed by atoms with E-state index in [0.29, 0.717) is 11.1 Å². The maximum atomic E-state index is 12.8. The number of carbonyl (C=O) groups excluding carboxylic acids is 2. The normalized spacial score (nSPS) is 24.0. The van der Waals surface area contributed by atoms with Crippen LogP contribution in [0.25, 0.3) is 0 Å². The third kappa shape index (κ3) is 3.28. The Hall–Kier alpha value is -3.40. The van der Waals surface area contributed by atoms with E-state index in [1.54, 1.807) is 24.3 Å². The van der Waals surface area contributed by atoms with Gasteiger partial charge in [0, 0.05) is 11.8 Å². The van der Waals surface area contributed by atoms with Gasteiger partial charge in [0.25, 0.3) is 0 Å². The molecule has 6 rings (SSSR count). The number of rotatable bonds is 4. The predicted octanol–water partition coefficient (Wildman–Crippen LogP) is 5.11. The van der Waals surface area contributed by atoms with E-state index in [1.807, 2.05) is 48.5 Å². The topological polar surface area (TPSA) is 52.6 Å². The zero-order chi connectivity index (χ0) is 20.5. The minimum Gasteiger partial charge on any atom is -0.454 e. The fourth-order valence-electron chi connectivity index (χ4n) is 4.83. The maximum Gasteiger partial charge on any atom is 0.338 e. The predicted molar refractivity (Wildman–Crippen MR) is 112 cm³/mol. The number of carbonyl (C=O) groups is 2. The van der Waals surface area contributed by atoms with E-state index in [1.165, 1.54) is 11.1 Å². The highest BCUT2D eigenvalue weighted by Gasteiger charge is 2.51. The summed E-state index contributed by atoms with van der Waals surface area (Å²) >= 11 is 0. The highest BCUT2D eigenvalue weighted by Crippen LogP contribution is 2.51. The Kier molecular flexibility index (Phi) is 4.83. The molecule has 1 saturated carbocycles. The van der Waals surface area contributed by atoms with Gasteiger partial charge in [-0.2, -0.15) is 0 Å². The Balaban J connectivity index is 1.47. The molecule has 0 spiro atoms. The monoisotopic (exact) mass is 398 g/mol. The molecule has 150 valence electrons. The van der Waals surface area contributed by atoms with Crippen LogP contribution < -0.4 is 0 Å². The number of ether oxygens (including phenoxy) is 2. The third-order valence-corrected chi connectivity index (χ3v) is 6.21. The molecule has 3 aliphatic rings. The van der Waals surface area contributed by atoms with Crippen LogP contribution in [-0.4, -0.2) is 24.1 Å². The van der Waals surface area contributed by atoms with Crippen LogP contribution in [0.5, 0.6) is 0 Å². The molecule has 3 aromatic rings. The molecule has 4 heteroatoms. The third-order valence-electron chi connectivity index (χ3n) is 6.21. The lowest BCUT2D eigenvalue weighted by Crippen LogP contribution is -2.50. The molecule has 0 aliphatic heterocycles. The standard InChI is InChI=1S/C26H22O4/c27-25(17-9-3-1-4-10-17)29-23-21-15-16-22(20-14-8-7-13-19(20)21)24(23)30-26(28)18-11-5-2-6-12-18/h1-14,21-24H,15-16H2/t21-,22+,23+,24-. The molecule has 0 saturated heterocycles. The zero-order valence-corrected chi connectivity index (χ0v) is 16.4. The molecule has 4 atom stereocenters. The van der Waals surface area contributed by atoms with Crippen LogP contribution >= 0.6 is 0 Å². The first-order valence-electron chi connectivity index (χ1n) is 10.3. The van der Waals surface area contributed by atoms with Crippen molar-refractivity contribution in [2.24, 2.45) is 0 Å². The van der Waals surface area contributed by atoms with Crippen LogP contribution in [0.3, 0.4) is 0 Å². The molecule has 2 bridgehead atoms. The fourth-order valence-corrected chi connectivity index (χ4v) is 4.83. The van der Waals surface area contributed by atoms with Gasteiger partial charge in [-0.1, -0.05) is 60.7 Å². The van der Waals surface area contributed by atoms with E-state index in [4.69, 9.17) is 9.47 Å². The van der Waals surface area contributed by atoms with Crippen LogP contribution in [0.15, 0.2) is 84.9 Å². The van der Waals surface area contributed by atoms with Gasteiger partial charge in [-0.25, -0.2) is 9.59 Å². The molecule has 3 aromatic carbocycles. The summed E-state index contributed by atoms with van der Waals surface area (Å²) < 4.78 is 12.0. The summed E-state index contributed by atoms with van der Waals surface area (Å²) in [5.74, 6) is -0.724. The SMILES string of the molecule is O=C(O[C@@H]1[C@H](OC(=O)c2ccccc2)[C@H]2CC[C@@H]1c1ccccc12)c1ccccc1. The molecule has 3 aliphatic carbocycles. The molecule has 0 aromatic heterocycles. The highest BCUT2D eigenvalue weighted by molar-refractivity contribution is 5.90. The maximum absolute atomic E-state index is 12.8. The average Bonchev–Trinajstić information content (AvgIpc) is 2.82. The van der Waals surface area contributed by atoms with Crippen LogP contribution in [0, 0.1) is 0 Å². The van der Waals surface area contributed by atoms with E-state index in [2.05, 4.69) is 12.1 Å². The summed E-state index contributed by atoms with van der Waals surface area (Å²) in [5.41, 5.74) is 3.40. The summed E-state index contributed by atoms with van der Waals surface area (Å²) in [7, 11) is 0. The Labute approximate surface area is 175 Å². The molecular weight excluding hydrogens is 376 g/mol. The van der Waals surface area contributed by atoms with Crippen molar-refractivity contribution < 1.29 is 19.1 Å². The van der Waals surface area contributed by atoms with Crippen molar-refractivity contribution in [2.45, 2.75) is 36.9 Å². The van der Waals surface area contributed by atoms with Crippen molar-refractivity contribution in [1.29, 1.82) is 0 Å². The molecule has 0 unspecified atom stereocenters. The minimum absolute atomic E-state index is 0.0208. The summed E-state index contributed by atoms with van der Waals surface area (Å²) in [5, 5.41) is 0. The molecular formula is C26H22O4. The second-order valence-electron chi connectivity index (χ2n) is 7.89. The first-order valence-corrected chi connectivity index (χ1v) is 10.3. The number of fused-ring (bicyclic) bond motifs is 2. The summed E-state index contributed by atoms with van der Waals surface area (Å²) in [6, 6.07) is 26.2. The number of benzene rings is 3. The quantitative estimate of drug-likeness (QED) is 0.573. The lowest BCUT2D eigenvalue weighted by molar-refractivity contribution is -0.0751. The fraction of sp³-hybridized carbons (Fsp3) is 0.231. The molecule has 0 heterocycles. The first kappa shape index (κ1) is 18.6. The van der Waals surface area contributed by atoms with Crippen molar-refractivity contribution in [3.63, 3.8) is 0 Å². The van der Waals surface area contributed by atoms with E-state index < -0.39 is 12.2 Å². The van der Waals surface area contributed by atoms with Gasteiger partial charge in [0.15, 0.2) is 0 Å². The van der Waals surface area contributed by atoms with Crippen molar-refractivity contribution in [1.82, 2.24) is 0 Å². The minimum atomic E-state index is -0.501. The number of hydrogen-bond acceptors (Lipinski definition) is 4. The van der Waals surface area contributed by atoms with Gasteiger partial charge in [-0.05, 0) is 48.2 Å². The van der Waals surface area contributed by atoms with Crippen LogP contribution in [0.2, 0.25) is 0 Å². The molecule has 1 fully saturated rings. The van der Waals surface area contributed by atoms with E-state index in [0.717, 1.165) is 12.8 Å². The largest absolute Gasteiger partial charge is 0.454 e. The van der Waals surface area contributed by atoms with Crippen molar-refractivity contribution in [3.8, 4) is 0 Å². The Morgan fingerprint density at radius 3 is 1.33 bits per heavy atom. The number of esters is 2.